The molecule has 3 amide bonds. The van der Waals surface area contributed by atoms with Crippen LogP contribution < -0.4 is 10.6 Å². The number of primary amides is 1. The molecule has 3 aliphatic rings. The summed E-state index contributed by atoms with van der Waals surface area (Å²) < 4.78 is 0. The molecule has 4 atom stereocenters. The summed E-state index contributed by atoms with van der Waals surface area (Å²) >= 11 is 0. The number of hydrogen-bond donors (Lipinski definition) is 1. The summed E-state index contributed by atoms with van der Waals surface area (Å²) in [7, 11) is 0. The van der Waals surface area contributed by atoms with E-state index in [-0.39, 0.29) is 11.8 Å². The van der Waals surface area contributed by atoms with Gasteiger partial charge in [-0.05, 0) is 40.1 Å². The number of carbonyl (C=O) groups excluding carboxylic acids is 3. The fourth-order valence-corrected chi connectivity index (χ4v) is 5.45. The van der Waals surface area contributed by atoms with Crippen LogP contribution in [-0.2, 0) is 14.4 Å². The Kier molecular flexibility index (Phi) is 3.63. The molecular formula is C25H19N3O3. The quantitative estimate of drug-likeness (QED) is 0.660. The van der Waals surface area contributed by atoms with Gasteiger partial charge in [0, 0.05) is 6.20 Å². The molecule has 0 aliphatic carbocycles. The Balaban J connectivity index is 1.49. The van der Waals surface area contributed by atoms with Crippen LogP contribution in [0.2, 0.25) is 0 Å². The van der Waals surface area contributed by atoms with Gasteiger partial charge >= 0.3 is 0 Å². The minimum atomic E-state index is -0.860. The molecule has 31 heavy (non-hydrogen) atoms. The molecule has 3 heterocycles. The zero-order chi connectivity index (χ0) is 21.3. The van der Waals surface area contributed by atoms with Gasteiger partial charge < -0.3 is 10.6 Å². The third kappa shape index (κ3) is 2.36. The summed E-state index contributed by atoms with van der Waals surface area (Å²) in [6.07, 6.45) is 3.69. The van der Waals surface area contributed by atoms with Gasteiger partial charge in [0.15, 0.2) is 0 Å². The third-order valence-corrected chi connectivity index (χ3v) is 6.74. The highest BCUT2D eigenvalue weighted by Crippen LogP contribution is 2.53. The van der Waals surface area contributed by atoms with Gasteiger partial charge in [-0.15, -0.1) is 0 Å². The van der Waals surface area contributed by atoms with Crippen LogP contribution in [0.25, 0.3) is 16.8 Å². The van der Waals surface area contributed by atoms with Crippen LogP contribution in [0.1, 0.15) is 17.2 Å². The van der Waals surface area contributed by atoms with E-state index in [9.17, 15) is 14.4 Å². The molecule has 6 rings (SSSR count). The van der Waals surface area contributed by atoms with Gasteiger partial charge in [-0.2, -0.15) is 0 Å². The number of fused-ring (bicyclic) bond motifs is 6. The summed E-state index contributed by atoms with van der Waals surface area (Å²) in [5.41, 5.74) is 8.19. The topological polar surface area (TPSA) is 83.7 Å². The minimum absolute atomic E-state index is 0.283. The van der Waals surface area contributed by atoms with Crippen molar-refractivity contribution in [3.8, 4) is 0 Å². The minimum Gasteiger partial charge on any atom is -0.368 e. The number of nitrogens with two attached hydrogens (primary N) is 1. The highest BCUT2D eigenvalue weighted by molar-refractivity contribution is 6.24. The van der Waals surface area contributed by atoms with E-state index >= 15 is 0 Å². The first kappa shape index (κ1) is 17.9. The van der Waals surface area contributed by atoms with Crippen LogP contribution in [0.15, 0.2) is 72.9 Å². The molecule has 3 aromatic rings. The average molecular weight is 409 g/mol. The molecule has 2 N–H and O–H groups in total. The Hall–Kier alpha value is -3.93. The van der Waals surface area contributed by atoms with Gasteiger partial charge in [0.25, 0.3) is 0 Å². The van der Waals surface area contributed by atoms with E-state index in [2.05, 4.69) is 0 Å². The van der Waals surface area contributed by atoms with E-state index in [0.717, 1.165) is 21.9 Å². The molecule has 0 spiro atoms. The van der Waals surface area contributed by atoms with Crippen molar-refractivity contribution in [1.29, 1.82) is 0 Å². The zero-order valence-electron chi connectivity index (χ0n) is 16.5. The Labute approximate surface area is 178 Å². The van der Waals surface area contributed by atoms with Crippen molar-refractivity contribution < 1.29 is 14.4 Å². The first-order chi connectivity index (χ1) is 15.1. The largest absolute Gasteiger partial charge is 0.368 e. The second kappa shape index (κ2) is 6.28. The number of anilines is 1. The van der Waals surface area contributed by atoms with E-state index in [1.165, 1.54) is 4.90 Å². The van der Waals surface area contributed by atoms with Crippen molar-refractivity contribution in [2.75, 3.05) is 4.90 Å². The standard InChI is InChI=1S/C25H19N3O3/c26-23(29)22-20-19(21-18-8-4-3-6-15(18)11-12-27(21)22)24(30)28(25(20)31)17-10-9-14-5-1-2-7-16(14)13-17/h1-13,19-22H,(H2,26,29)/t19-,20+,21-,22-/m0/s1. The molecule has 2 saturated heterocycles. The molecular weight excluding hydrogens is 390 g/mol. The Bertz CT molecular complexity index is 1310. The second-order valence-electron chi connectivity index (χ2n) is 8.28. The van der Waals surface area contributed by atoms with E-state index in [1.54, 1.807) is 17.2 Å². The predicted molar refractivity (Wildman–Crippen MR) is 116 cm³/mol. The fraction of sp³-hybridized carbons (Fsp3) is 0.160. The molecule has 0 bridgehead atoms. The maximum absolute atomic E-state index is 13.7. The average Bonchev–Trinajstić information content (AvgIpc) is 3.26. The molecule has 0 radical (unpaired) electrons. The fourth-order valence-electron chi connectivity index (χ4n) is 5.45. The van der Waals surface area contributed by atoms with Gasteiger partial charge in [0.05, 0.1) is 23.6 Å². The maximum atomic E-state index is 13.7. The Morgan fingerprint density at radius 1 is 0.839 bits per heavy atom. The highest BCUT2D eigenvalue weighted by Gasteiger charge is 2.64. The van der Waals surface area contributed by atoms with Crippen LogP contribution in [0, 0.1) is 11.8 Å². The van der Waals surface area contributed by atoms with Gasteiger partial charge in [-0.25, -0.2) is 4.90 Å². The van der Waals surface area contributed by atoms with Gasteiger partial charge in [-0.3, -0.25) is 14.4 Å². The van der Waals surface area contributed by atoms with Crippen LogP contribution in [-0.4, -0.2) is 28.7 Å². The molecule has 0 aromatic heterocycles. The number of hydrogen-bond acceptors (Lipinski definition) is 4. The molecule has 3 aliphatic heterocycles. The van der Waals surface area contributed by atoms with Crippen molar-refractivity contribution in [2.24, 2.45) is 17.6 Å². The van der Waals surface area contributed by atoms with Crippen molar-refractivity contribution >= 4 is 40.3 Å². The molecule has 2 fully saturated rings. The summed E-state index contributed by atoms with van der Waals surface area (Å²) in [6.45, 7) is 0. The monoisotopic (exact) mass is 409 g/mol. The first-order valence-corrected chi connectivity index (χ1v) is 10.3. The Morgan fingerprint density at radius 3 is 2.35 bits per heavy atom. The van der Waals surface area contributed by atoms with Crippen LogP contribution >= 0.6 is 0 Å². The number of carbonyl (C=O) groups is 3. The zero-order valence-corrected chi connectivity index (χ0v) is 16.5. The van der Waals surface area contributed by atoms with Crippen LogP contribution in [0.4, 0.5) is 5.69 Å². The molecule has 6 heteroatoms. The summed E-state index contributed by atoms with van der Waals surface area (Å²) in [5.74, 6) is -2.72. The Morgan fingerprint density at radius 2 is 1.55 bits per heavy atom. The summed E-state index contributed by atoms with van der Waals surface area (Å²) in [4.78, 5) is 42.7. The van der Waals surface area contributed by atoms with Crippen molar-refractivity contribution in [2.45, 2.75) is 12.1 Å². The van der Waals surface area contributed by atoms with E-state index < -0.39 is 29.8 Å². The smallest absolute Gasteiger partial charge is 0.240 e. The lowest BCUT2D eigenvalue weighted by Crippen LogP contribution is -2.46. The SMILES string of the molecule is NC(=O)[C@@H]1[C@@H]2C(=O)N(c3ccc4ccccc4c3)C(=O)[C@@H]2[C@@H]2c3ccccc3C=CN12. The lowest BCUT2D eigenvalue weighted by atomic mass is 9.84. The van der Waals surface area contributed by atoms with Gasteiger partial charge in [0.1, 0.15) is 6.04 Å². The molecule has 0 unspecified atom stereocenters. The van der Waals surface area contributed by atoms with Gasteiger partial charge in [0.2, 0.25) is 17.7 Å². The highest BCUT2D eigenvalue weighted by atomic mass is 16.2. The normalized spacial score (nSPS) is 26.2. The second-order valence-corrected chi connectivity index (χ2v) is 8.28. The van der Waals surface area contributed by atoms with Crippen molar-refractivity contribution in [3.63, 3.8) is 0 Å². The van der Waals surface area contributed by atoms with Crippen LogP contribution in [0.5, 0.6) is 0 Å². The molecule has 0 saturated carbocycles. The number of imide groups is 1. The maximum Gasteiger partial charge on any atom is 0.240 e. The lowest BCUT2D eigenvalue weighted by Gasteiger charge is -2.34. The number of nitrogens with zero attached hydrogens (tertiary/aromatic N) is 2. The third-order valence-electron chi connectivity index (χ3n) is 6.74. The van der Waals surface area contributed by atoms with E-state index in [0.29, 0.717) is 5.69 Å². The predicted octanol–water partition coefficient (Wildman–Crippen LogP) is 2.84. The number of amides is 3. The van der Waals surface area contributed by atoms with Gasteiger partial charge in [-0.1, -0.05) is 54.6 Å². The van der Waals surface area contributed by atoms with Crippen molar-refractivity contribution in [3.05, 3.63) is 84.1 Å². The first-order valence-electron chi connectivity index (χ1n) is 10.3. The number of rotatable bonds is 2. The van der Waals surface area contributed by atoms with Crippen LogP contribution in [0.3, 0.4) is 0 Å². The van der Waals surface area contributed by atoms with E-state index in [1.807, 2.05) is 66.7 Å². The molecule has 3 aromatic carbocycles. The van der Waals surface area contributed by atoms with E-state index in [4.69, 9.17) is 5.73 Å². The summed E-state index contributed by atoms with van der Waals surface area (Å²) in [5, 5.41) is 1.97. The van der Waals surface area contributed by atoms with Crippen molar-refractivity contribution in [1.82, 2.24) is 4.90 Å². The molecule has 152 valence electrons. The summed E-state index contributed by atoms with van der Waals surface area (Å²) in [6, 6.07) is 19.8. The number of benzene rings is 3. The molecule has 6 nitrogen and oxygen atoms in total. The lowest BCUT2D eigenvalue weighted by molar-refractivity contribution is -0.129.